The fourth-order valence-corrected chi connectivity index (χ4v) is 7.17. The lowest BCUT2D eigenvalue weighted by Gasteiger charge is -2.19. The Morgan fingerprint density at radius 3 is 1.32 bits per heavy atom. The van der Waals surface area contributed by atoms with Gasteiger partial charge in [-0.1, -0.05) is 103 Å². The summed E-state index contributed by atoms with van der Waals surface area (Å²) in [5, 5.41) is 2.72. The third kappa shape index (κ3) is 4.86. The first kappa shape index (κ1) is 29.3. The summed E-state index contributed by atoms with van der Waals surface area (Å²) in [6, 6.07) is 28.8. The summed E-state index contributed by atoms with van der Waals surface area (Å²) in [5.74, 6) is -12.1. The molecule has 0 saturated heterocycles. The third-order valence-electron chi connectivity index (χ3n) is 7.06. The van der Waals surface area contributed by atoms with Gasteiger partial charge in [0.2, 0.25) is 17.4 Å². The van der Waals surface area contributed by atoms with Crippen molar-refractivity contribution < 1.29 is 43.1 Å². The van der Waals surface area contributed by atoms with Gasteiger partial charge < -0.3 is 4.18 Å². The summed E-state index contributed by atoms with van der Waals surface area (Å²) in [4.78, 5) is -2.91. The van der Waals surface area contributed by atoms with Gasteiger partial charge in [0, 0.05) is 11.1 Å². The van der Waals surface area contributed by atoms with Gasteiger partial charge in [0.1, 0.15) is 4.90 Å². The summed E-state index contributed by atoms with van der Waals surface area (Å²) in [7, 11) is -11.1. The molecule has 6 aromatic rings. The average molecular weight is 639 g/mol. The minimum Gasteiger partial charge on any atom is -0.372 e. The first-order chi connectivity index (χ1) is 20.9. The molecule has 0 unspecified atom stereocenters. The molecule has 222 valence electrons. The molecule has 0 aromatic heterocycles. The van der Waals surface area contributed by atoms with Crippen molar-refractivity contribution in [2.45, 2.75) is 9.79 Å². The summed E-state index contributed by atoms with van der Waals surface area (Å²) in [6.07, 6.45) is 0. The molecular weight excluding hydrogens is 620 g/mol. The molecule has 0 aliphatic heterocycles. The molecular formula is C32H18F4O6S2. The Morgan fingerprint density at radius 2 is 0.864 bits per heavy atom. The Kier molecular flexibility index (Phi) is 7.15. The number of rotatable bonds is 6. The molecule has 6 nitrogen and oxygen atoms in total. The average Bonchev–Trinajstić information content (AvgIpc) is 3.00. The molecule has 0 atom stereocenters. The molecule has 0 bridgehead atoms. The van der Waals surface area contributed by atoms with Crippen LogP contribution in [-0.4, -0.2) is 21.4 Å². The molecule has 0 saturated carbocycles. The summed E-state index contributed by atoms with van der Waals surface area (Å²) < 4.78 is 124. The predicted molar refractivity (Wildman–Crippen MR) is 156 cm³/mol. The van der Waals surface area contributed by atoms with Crippen LogP contribution in [0.1, 0.15) is 0 Å². The standard InChI is InChI=1S/C32H18F4O6S2/c33-26-28(35)32(43(37,38)39)29(36)27(34)30(26)42-44(40,41)31-24(22-14-5-10-18-8-1-3-12-20(18)22)16-7-17-25(31)23-15-6-11-19-9-2-4-13-21(19)23/h1-17H,(H,37,38,39). The van der Waals surface area contributed by atoms with Gasteiger partial charge in [-0.3, -0.25) is 4.55 Å². The lowest BCUT2D eigenvalue weighted by atomic mass is 9.93. The zero-order valence-corrected chi connectivity index (χ0v) is 23.8. The van der Waals surface area contributed by atoms with Gasteiger partial charge in [0.15, 0.2) is 16.5 Å². The summed E-state index contributed by atoms with van der Waals surface area (Å²) in [6.45, 7) is 0. The second-order valence-corrected chi connectivity index (χ2v) is 12.5. The van der Waals surface area contributed by atoms with Gasteiger partial charge >= 0.3 is 20.2 Å². The Hall–Kier alpha value is -4.78. The Bertz CT molecular complexity index is 2220. The molecule has 1 N–H and O–H groups in total. The van der Waals surface area contributed by atoms with Gasteiger partial charge in [-0.05, 0) is 32.7 Å². The van der Waals surface area contributed by atoms with E-state index in [4.69, 9.17) is 8.74 Å². The lowest BCUT2D eigenvalue weighted by Crippen LogP contribution is -2.17. The van der Waals surface area contributed by atoms with E-state index in [1.165, 1.54) is 12.1 Å². The van der Waals surface area contributed by atoms with Crippen LogP contribution in [0.25, 0.3) is 43.8 Å². The fourth-order valence-electron chi connectivity index (χ4n) is 5.19. The van der Waals surface area contributed by atoms with Crippen molar-refractivity contribution in [3.63, 3.8) is 0 Å². The predicted octanol–water partition coefficient (Wildman–Crippen LogP) is 7.90. The van der Waals surface area contributed by atoms with Crippen LogP contribution in [0.2, 0.25) is 0 Å². The maximum atomic E-state index is 15.0. The van der Waals surface area contributed by atoms with Crippen LogP contribution in [0, 0.1) is 23.3 Å². The number of hydrogen-bond donors (Lipinski definition) is 1. The molecule has 0 aliphatic rings. The van der Waals surface area contributed by atoms with E-state index in [1.807, 2.05) is 0 Å². The highest BCUT2D eigenvalue weighted by atomic mass is 32.2. The van der Waals surface area contributed by atoms with Gasteiger partial charge in [-0.2, -0.15) is 25.6 Å². The smallest absolute Gasteiger partial charge is 0.340 e. The molecule has 0 radical (unpaired) electrons. The molecule has 0 heterocycles. The zero-order chi connectivity index (χ0) is 31.4. The van der Waals surface area contributed by atoms with E-state index in [-0.39, 0.29) is 11.1 Å². The summed E-state index contributed by atoms with van der Waals surface area (Å²) >= 11 is 0. The molecule has 6 aromatic carbocycles. The number of halogens is 4. The van der Waals surface area contributed by atoms with E-state index in [9.17, 15) is 34.4 Å². The van der Waals surface area contributed by atoms with E-state index >= 15 is 0 Å². The van der Waals surface area contributed by atoms with E-state index in [1.54, 1.807) is 91.0 Å². The van der Waals surface area contributed by atoms with Crippen LogP contribution >= 0.6 is 0 Å². The number of fused-ring (bicyclic) bond motifs is 2. The van der Waals surface area contributed by atoms with Crippen LogP contribution in [0.4, 0.5) is 17.6 Å². The normalized spacial score (nSPS) is 12.1. The SMILES string of the molecule is O=S(=O)(O)c1c(F)c(F)c(OS(=O)(=O)c2c(-c3cccc4ccccc34)cccc2-c2cccc3ccccc23)c(F)c1F. The maximum Gasteiger partial charge on any atom is 0.340 e. The van der Waals surface area contributed by atoms with Gasteiger partial charge in [-0.15, -0.1) is 0 Å². The van der Waals surface area contributed by atoms with Crippen LogP contribution in [0.5, 0.6) is 5.75 Å². The lowest BCUT2D eigenvalue weighted by molar-refractivity contribution is 0.365. The molecule has 6 rings (SSSR count). The minimum absolute atomic E-state index is 0.0450. The van der Waals surface area contributed by atoms with Crippen LogP contribution < -0.4 is 4.18 Å². The van der Waals surface area contributed by atoms with Crippen molar-refractivity contribution in [2.75, 3.05) is 0 Å². The minimum atomic E-state index is -5.78. The van der Waals surface area contributed by atoms with Crippen LogP contribution in [0.15, 0.2) is 113 Å². The molecule has 0 fully saturated rings. The second-order valence-electron chi connectivity index (χ2n) is 9.66. The Labute approximate surface area is 248 Å². The molecule has 44 heavy (non-hydrogen) atoms. The first-order valence-corrected chi connectivity index (χ1v) is 15.6. The molecule has 0 spiro atoms. The highest BCUT2D eigenvalue weighted by Gasteiger charge is 2.37. The topological polar surface area (TPSA) is 97.7 Å². The van der Waals surface area contributed by atoms with E-state index in [0.29, 0.717) is 21.9 Å². The van der Waals surface area contributed by atoms with E-state index < -0.39 is 59.0 Å². The van der Waals surface area contributed by atoms with E-state index in [2.05, 4.69) is 0 Å². The monoisotopic (exact) mass is 638 g/mol. The highest BCUT2D eigenvalue weighted by Crippen LogP contribution is 2.43. The van der Waals surface area contributed by atoms with Gasteiger partial charge in [0.25, 0.3) is 0 Å². The second kappa shape index (κ2) is 10.7. The zero-order valence-electron chi connectivity index (χ0n) is 22.1. The van der Waals surface area contributed by atoms with Gasteiger partial charge in [-0.25, -0.2) is 8.78 Å². The Morgan fingerprint density at radius 1 is 0.477 bits per heavy atom. The van der Waals surface area contributed by atoms with Crippen molar-refractivity contribution in [2.24, 2.45) is 0 Å². The highest BCUT2D eigenvalue weighted by molar-refractivity contribution is 7.87. The number of benzene rings is 6. The quantitative estimate of drug-likeness (QED) is 0.0863. The largest absolute Gasteiger partial charge is 0.372 e. The molecule has 12 heteroatoms. The van der Waals surface area contributed by atoms with Crippen LogP contribution in [0.3, 0.4) is 0 Å². The van der Waals surface area contributed by atoms with Crippen molar-refractivity contribution >= 4 is 41.8 Å². The van der Waals surface area contributed by atoms with Crippen molar-refractivity contribution in [3.05, 3.63) is 126 Å². The van der Waals surface area contributed by atoms with Gasteiger partial charge in [0.05, 0.1) is 0 Å². The summed E-state index contributed by atoms with van der Waals surface area (Å²) in [5.41, 5.74) is 0.881. The first-order valence-electron chi connectivity index (χ1n) is 12.8. The Balaban J connectivity index is 1.67. The van der Waals surface area contributed by atoms with Crippen molar-refractivity contribution in [1.82, 2.24) is 0 Å². The maximum absolute atomic E-state index is 15.0. The van der Waals surface area contributed by atoms with E-state index in [0.717, 1.165) is 10.8 Å². The molecule has 0 aliphatic carbocycles. The van der Waals surface area contributed by atoms with Crippen molar-refractivity contribution in [1.29, 1.82) is 0 Å². The number of hydrogen-bond acceptors (Lipinski definition) is 5. The molecule has 0 amide bonds. The van der Waals surface area contributed by atoms with Crippen molar-refractivity contribution in [3.8, 4) is 28.0 Å². The fraction of sp³-hybridized carbons (Fsp3) is 0. The van der Waals surface area contributed by atoms with Crippen LogP contribution in [-0.2, 0) is 20.2 Å². The third-order valence-corrected chi connectivity index (χ3v) is 9.26.